The van der Waals surface area contributed by atoms with Crippen LogP contribution in [0.15, 0.2) is 35.1 Å². The molecule has 0 fully saturated rings. The van der Waals surface area contributed by atoms with Crippen molar-refractivity contribution in [2.75, 3.05) is 5.73 Å². The molecule has 80 valence electrons. The van der Waals surface area contributed by atoms with Gasteiger partial charge in [-0.25, -0.2) is 9.67 Å². The minimum absolute atomic E-state index is 0.577. The summed E-state index contributed by atoms with van der Waals surface area (Å²) in [6, 6.07) is 5.86. The van der Waals surface area contributed by atoms with E-state index in [4.69, 9.17) is 5.73 Å². The highest BCUT2D eigenvalue weighted by atomic mass is 79.9. The van der Waals surface area contributed by atoms with E-state index in [1.165, 1.54) is 11.3 Å². The maximum atomic E-state index is 5.69. The fourth-order valence-corrected chi connectivity index (χ4v) is 2.95. The molecule has 3 rings (SSSR count). The number of anilines is 1. The van der Waals surface area contributed by atoms with Gasteiger partial charge in [0.05, 0.1) is 15.9 Å². The Morgan fingerprint density at radius 1 is 1.38 bits per heavy atom. The number of halogens is 1. The zero-order chi connectivity index (χ0) is 11.1. The number of benzene rings is 1. The van der Waals surface area contributed by atoms with Gasteiger partial charge in [0, 0.05) is 16.9 Å². The number of nitrogens with zero attached hydrogens (tertiary/aromatic N) is 3. The molecular weight excluding hydrogens is 288 g/mol. The minimum atomic E-state index is 0.577. The summed E-state index contributed by atoms with van der Waals surface area (Å²) in [5, 5.41) is 4.76. The van der Waals surface area contributed by atoms with Crippen molar-refractivity contribution >= 4 is 42.6 Å². The Kier molecular flexibility index (Phi) is 2.19. The Hall–Kier alpha value is -1.40. The van der Waals surface area contributed by atoms with Crippen molar-refractivity contribution in [1.29, 1.82) is 0 Å². The lowest BCUT2D eigenvalue weighted by molar-refractivity contribution is 0.881. The molecule has 0 aliphatic rings. The van der Waals surface area contributed by atoms with Crippen LogP contribution in [0.1, 0.15) is 0 Å². The van der Waals surface area contributed by atoms with E-state index in [1.807, 2.05) is 24.4 Å². The second-order valence-corrected chi connectivity index (χ2v) is 5.16. The number of hydrogen-bond donors (Lipinski definition) is 1. The zero-order valence-corrected chi connectivity index (χ0v) is 10.5. The van der Waals surface area contributed by atoms with Crippen LogP contribution in [0.3, 0.4) is 0 Å². The van der Waals surface area contributed by atoms with Crippen LogP contribution in [-0.4, -0.2) is 14.8 Å². The van der Waals surface area contributed by atoms with Crippen LogP contribution in [0.2, 0.25) is 0 Å². The molecule has 0 atom stereocenters. The van der Waals surface area contributed by atoms with E-state index in [-0.39, 0.29) is 0 Å². The van der Waals surface area contributed by atoms with E-state index in [0.29, 0.717) is 5.13 Å². The van der Waals surface area contributed by atoms with Crippen molar-refractivity contribution < 1.29 is 0 Å². The maximum absolute atomic E-state index is 5.69. The summed E-state index contributed by atoms with van der Waals surface area (Å²) in [7, 11) is 0. The van der Waals surface area contributed by atoms with Gasteiger partial charge in [-0.1, -0.05) is 11.3 Å². The van der Waals surface area contributed by atoms with Gasteiger partial charge in [-0.15, -0.1) is 0 Å². The summed E-state index contributed by atoms with van der Waals surface area (Å²) in [6.07, 6.45) is 3.64. The lowest BCUT2D eigenvalue weighted by Gasteiger charge is -2.02. The zero-order valence-electron chi connectivity index (χ0n) is 8.09. The second-order valence-electron chi connectivity index (χ2n) is 3.28. The van der Waals surface area contributed by atoms with Crippen molar-refractivity contribution in [3.63, 3.8) is 0 Å². The molecule has 1 aromatic carbocycles. The molecule has 0 aliphatic heterocycles. The SMILES string of the molecule is Nc1nc2cc(-n3cccn3)cc(Br)c2s1. The number of hydrogen-bond acceptors (Lipinski definition) is 4. The summed E-state index contributed by atoms with van der Waals surface area (Å²) in [5.41, 5.74) is 7.55. The molecule has 3 aromatic rings. The molecule has 0 saturated carbocycles. The van der Waals surface area contributed by atoms with Crippen molar-refractivity contribution in [2.45, 2.75) is 0 Å². The highest BCUT2D eigenvalue weighted by Crippen LogP contribution is 2.32. The van der Waals surface area contributed by atoms with Gasteiger partial charge in [-0.05, 0) is 34.1 Å². The molecule has 0 saturated heterocycles. The molecule has 0 amide bonds. The summed E-state index contributed by atoms with van der Waals surface area (Å²) in [6.45, 7) is 0. The number of nitrogen functional groups attached to an aromatic ring is 1. The van der Waals surface area contributed by atoms with Gasteiger partial charge < -0.3 is 5.73 Å². The average molecular weight is 295 g/mol. The number of nitrogens with two attached hydrogens (primary N) is 1. The van der Waals surface area contributed by atoms with E-state index in [1.54, 1.807) is 10.9 Å². The van der Waals surface area contributed by atoms with E-state index in [0.717, 1.165) is 20.4 Å². The van der Waals surface area contributed by atoms with Crippen LogP contribution in [0, 0.1) is 0 Å². The highest BCUT2D eigenvalue weighted by molar-refractivity contribution is 9.10. The third-order valence-electron chi connectivity index (χ3n) is 2.21. The lowest BCUT2D eigenvalue weighted by atomic mass is 10.3. The molecule has 0 bridgehead atoms. The monoisotopic (exact) mass is 294 g/mol. The normalized spacial score (nSPS) is 11.1. The molecule has 16 heavy (non-hydrogen) atoms. The Morgan fingerprint density at radius 2 is 2.25 bits per heavy atom. The molecule has 2 N–H and O–H groups in total. The van der Waals surface area contributed by atoms with Crippen LogP contribution in [0.25, 0.3) is 15.9 Å². The average Bonchev–Trinajstić information content (AvgIpc) is 2.84. The van der Waals surface area contributed by atoms with Crippen LogP contribution in [0.4, 0.5) is 5.13 Å². The Balaban J connectivity index is 2.28. The van der Waals surface area contributed by atoms with Crippen LogP contribution in [-0.2, 0) is 0 Å². The smallest absolute Gasteiger partial charge is 0.181 e. The topological polar surface area (TPSA) is 56.7 Å². The fourth-order valence-electron chi connectivity index (χ4n) is 1.55. The quantitative estimate of drug-likeness (QED) is 0.751. The molecule has 0 spiro atoms. The summed E-state index contributed by atoms with van der Waals surface area (Å²) >= 11 is 5.00. The van der Waals surface area contributed by atoms with Gasteiger partial charge in [-0.2, -0.15) is 5.10 Å². The summed E-state index contributed by atoms with van der Waals surface area (Å²) < 4.78 is 3.85. The van der Waals surface area contributed by atoms with Crippen molar-refractivity contribution in [1.82, 2.24) is 14.8 Å². The number of thiazole rings is 1. The van der Waals surface area contributed by atoms with E-state index >= 15 is 0 Å². The first-order chi connectivity index (χ1) is 7.74. The van der Waals surface area contributed by atoms with E-state index < -0.39 is 0 Å². The van der Waals surface area contributed by atoms with Crippen molar-refractivity contribution in [2.24, 2.45) is 0 Å². The predicted octanol–water partition coefficient (Wildman–Crippen LogP) is 2.83. The molecule has 0 radical (unpaired) electrons. The van der Waals surface area contributed by atoms with Gasteiger partial charge in [0.2, 0.25) is 0 Å². The maximum Gasteiger partial charge on any atom is 0.181 e. The number of fused-ring (bicyclic) bond motifs is 1. The van der Waals surface area contributed by atoms with E-state index in [9.17, 15) is 0 Å². The van der Waals surface area contributed by atoms with Gasteiger partial charge in [0.1, 0.15) is 0 Å². The third-order valence-corrected chi connectivity index (χ3v) is 4.04. The fraction of sp³-hybridized carbons (Fsp3) is 0. The summed E-state index contributed by atoms with van der Waals surface area (Å²) in [4.78, 5) is 4.27. The Morgan fingerprint density at radius 3 is 3.00 bits per heavy atom. The predicted molar refractivity (Wildman–Crippen MR) is 68.9 cm³/mol. The van der Waals surface area contributed by atoms with Crippen LogP contribution < -0.4 is 5.73 Å². The molecule has 0 unspecified atom stereocenters. The second kappa shape index (κ2) is 3.57. The first-order valence-corrected chi connectivity index (χ1v) is 6.20. The molecular formula is C10H7BrN4S. The molecule has 4 nitrogen and oxygen atoms in total. The van der Waals surface area contributed by atoms with E-state index in [2.05, 4.69) is 26.0 Å². The minimum Gasteiger partial charge on any atom is -0.375 e. The number of rotatable bonds is 1. The molecule has 2 heterocycles. The largest absolute Gasteiger partial charge is 0.375 e. The first kappa shape index (κ1) is 9.80. The standard InChI is InChI=1S/C10H7BrN4S/c11-7-4-6(15-3-1-2-13-15)5-8-9(7)16-10(12)14-8/h1-5H,(H2,12,14). The van der Waals surface area contributed by atoms with Crippen LogP contribution in [0.5, 0.6) is 0 Å². The highest BCUT2D eigenvalue weighted by Gasteiger charge is 2.08. The van der Waals surface area contributed by atoms with Gasteiger partial charge in [-0.3, -0.25) is 0 Å². The van der Waals surface area contributed by atoms with Gasteiger partial charge >= 0.3 is 0 Å². The third kappa shape index (κ3) is 1.50. The molecule has 2 aromatic heterocycles. The van der Waals surface area contributed by atoms with Gasteiger partial charge in [0.15, 0.2) is 5.13 Å². The Labute approximate surface area is 104 Å². The lowest BCUT2D eigenvalue weighted by Crippen LogP contribution is -1.93. The number of aromatic nitrogens is 3. The Bertz CT molecular complexity index is 644. The molecule has 0 aliphatic carbocycles. The molecule has 6 heteroatoms. The van der Waals surface area contributed by atoms with Crippen molar-refractivity contribution in [3.05, 3.63) is 35.1 Å². The van der Waals surface area contributed by atoms with Crippen molar-refractivity contribution in [3.8, 4) is 5.69 Å². The van der Waals surface area contributed by atoms with Gasteiger partial charge in [0.25, 0.3) is 0 Å². The summed E-state index contributed by atoms with van der Waals surface area (Å²) in [5.74, 6) is 0. The first-order valence-electron chi connectivity index (χ1n) is 4.59. The van der Waals surface area contributed by atoms with Crippen LogP contribution >= 0.6 is 27.3 Å².